The number of amides is 1. The number of ketones is 2. The Labute approximate surface area is 339 Å². The number of esters is 1. The number of ether oxygens (including phenoxy) is 5. The molecule has 0 spiro atoms. The lowest BCUT2D eigenvalue weighted by atomic mass is 9.82. The maximum atomic E-state index is 14.3. The third kappa shape index (κ3) is 10.9. The second-order valence-electron chi connectivity index (χ2n) is 17.1. The molecule has 56 heavy (non-hydrogen) atoms. The van der Waals surface area contributed by atoms with Gasteiger partial charge in [0.05, 0.1) is 29.8 Å². The monoisotopic (exact) mass is 809 g/mol. The normalized spacial score (nSPS) is 41.6. The summed E-state index contributed by atoms with van der Waals surface area (Å²) in [4.78, 5) is 57.7. The van der Waals surface area contributed by atoms with Gasteiger partial charge in [0.25, 0.3) is 11.7 Å². The first kappa shape index (κ1) is 46.5. The van der Waals surface area contributed by atoms with Crippen molar-refractivity contribution < 1.29 is 53.1 Å². The van der Waals surface area contributed by atoms with Crippen LogP contribution in [0.15, 0.2) is 23.3 Å². The minimum atomic E-state index is -2.49. The van der Waals surface area contributed by atoms with E-state index in [4.69, 9.17) is 35.3 Å². The van der Waals surface area contributed by atoms with E-state index >= 15 is 0 Å². The number of methoxy groups -OCH3 is 3. The standard InChI is InChI=1S/C43H68ClNO11/c1-10-30-18-24(2)17-25(3)19-36(53-8)39-37(54-9)21-27(5)43(51,56-39)40(48)41(49)45-16-12-11-13-32(45)42(50)55-38(28(6)33(46)23-34(30)47)26(4)20-29-14-15-31(44)35(22-29)52-7/h18,20,25,27-33,35-39,46,51H,10-17,19,21-23H2,1-9H3/b24-18+,26-20+/t25-,27+,28+,29+,30-,31-,32-,33-,35+,36?,37-,38+,39+,43+/m0/s1. The molecular formula is C43H68ClNO11. The summed E-state index contributed by atoms with van der Waals surface area (Å²) in [5, 5.41) is 23.6. The summed E-state index contributed by atoms with van der Waals surface area (Å²) < 4.78 is 29.9. The number of aliphatic hydroxyl groups excluding tert-OH is 1. The molecule has 0 radical (unpaired) electrons. The van der Waals surface area contributed by atoms with Crippen molar-refractivity contribution in [1.29, 1.82) is 0 Å². The number of hydrogen-bond donors (Lipinski definition) is 2. The largest absolute Gasteiger partial charge is 0.456 e. The van der Waals surface area contributed by atoms with E-state index in [0.717, 1.165) is 18.4 Å². The third-order valence-corrected chi connectivity index (χ3v) is 13.3. The zero-order chi connectivity index (χ0) is 41.5. The van der Waals surface area contributed by atoms with Crippen LogP contribution < -0.4 is 0 Å². The number of aliphatic hydroxyl groups is 2. The van der Waals surface area contributed by atoms with Gasteiger partial charge in [-0.2, -0.15) is 0 Å². The topological polar surface area (TPSA) is 158 Å². The molecule has 2 N–H and O–H groups in total. The molecule has 1 amide bonds. The summed E-state index contributed by atoms with van der Waals surface area (Å²) in [6, 6.07) is -1.12. The predicted molar refractivity (Wildman–Crippen MR) is 212 cm³/mol. The van der Waals surface area contributed by atoms with Gasteiger partial charge >= 0.3 is 5.97 Å². The molecule has 12 nitrogen and oxygen atoms in total. The molecular weight excluding hydrogens is 742 g/mol. The van der Waals surface area contributed by atoms with Crippen molar-refractivity contribution in [3.05, 3.63) is 23.3 Å². The predicted octanol–water partition coefficient (Wildman–Crippen LogP) is 5.72. The van der Waals surface area contributed by atoms with Crippen LogP contribution in [0, 0.1) is 29.6 Å². The number of alkyl halides is 1. The Morgan fingerprint density at radius 3 is 2.27 bits per heavy atom. The smallest absolute Gasteiger partial charge is 0.329 e. The summed E-state index contributed by atoms with van der Waals surface area (Å²) in [6.07, 6.45) is 5.16. The highest BCUT2D eigenvalue weighted by Crippen LogP contribution is 2.39. The molecule has 0 aromatic carbocycles. The van der Waals surface area contributed by atoms with Gasteiger partial charge in [0.1, 0.15) is 24.0 Å². The quantitative estimate of drug-likeness (QED) is 0.146. The highest BCUT2D eigenvalue weighted by atomic mass is 35.5. The highest BCUT2D eigenvalue weighted by molar-refractivity contribution is 6.39. The lowest BCUT2D eigenvalue weighted by molar-refractivity contribution is -0.302. The summed E-state index contributed by atoms with van der Waals surface area (Å²) in [5.41, 5.74) is 1.71. The van der Waals surface area contributed by atoms with Crippen LogP contribution in [0.4, 0.5) is 0 Å². The van der Waals surface area contributed by atoms with Crippen molar-refractivity contribution in [1.82, 2.24) is 4.90 Å². The van der Waals surface area contributed by atoms with Crippen LogP contribution in [-0.2, 0) is 42.9 Å². The molecule has 2 bridgehead atoms. The number of allylic oxidation sites excluding steroid dienone is 3. The van der Waals surface area contributed by atoms with Gasteiger partial charge in [0, 0.05) is 52.0 Å². The van der Waals surface area contributed by atoms with Gasteiger partial charge in [-0.1, -0.05) is 45.4 Å². The first-order chi connectivity index (χ1) is 26.5. The number of fused-ring (bicyclic) bond motifs is 3. The SMILES string of the molecule is CC[C@H]1/C=C(\C)C[C@H](C)CC(OC)[C@H]2O[C@@](O)(C(=O)C(=O)N3CCCC[C@H]3C(=O)O[C@H](/C(C)=C/[C@H]3CC[C@H](Cl)[C@H](OC)C3)[C@H](C)[C@@H](O)CC1=O)[C@H](C)C[C@@H]2OC. The van der Waals surface area contributed by atoms with Crippen molar-refractivity contribution in [3.8, 4) is 0 Å². The number of Topliss-reactive ketones (excluding diaryl/α,β-unsaturated/α-hetero) is 2. The molecule has 4 aliphatic rings. The van der Waals surface area contributed by atoms with Gasteiger partial charge in [0.2, 0.25) is 5.79 Å². The lowest BCUT2D eigenvalue weighted by Crippen LogP contribution is -2.64. The Balaban J connectivity index is 1.76. The zero-order valence-electron chi connectivity index (χ0n) is 35.0. The van der Waals surface area contributed by atoms with Gasteiger partial charge in [-0.05, 0) is 95.5 Å². The molecule has 2 saturated heterocycles. The molecule has 1 aliphatic carbocycles. The highest BCUT2D eigenvalue weighted by Gasteiger charge is 2.56. The second kappa shape index (κ2) is 20.7. The maximum Gasteiger partial charge on any atom is 0.329 e. The maximum absolute atomic E-state index is 14.3. The number of carbonyl (C=O) groups is 4. The number of carbonyl (C=O) groups excluding carboxylic acids is 4. The Morgan fingerprint density at radius 1 is 0.964 bits per heavy atom. The second-order valence-corrected chi connectivity index (χ2v) is 17.7. The van der Waals surface area contributed by atoms with Crippen molar-refractivity contribution in [3.63, 3.8) is 0 Å². The van der Waals surface area contributed by atoms with Gasteiger partial charge in [-0.3, -0.25) is 14.4 Å². The van der Waals surface area contributed by atoms with Crippen LogP contribution in [0.25, 0.3) is 0 Å². The molecule has 1 saturated carbocycles. The molecule has 14 atom stereocenters. The minimum Gasteiger partial charge on any atom is -0.456 e. The molecule has 3 aliphatic heterocycles. The van der Waals surface area contributed by atoms with E-state index in [9.17, 15) is 29.4 Å². The van der Waals surface area contributed by atoms with Crippen LogP contribution in [0.2, 0.25) is 0 Å². The van der Waals surface area contributed by atoms with Crippen LogP contribution in [0.1, 0.15) is 112 Å². The number of hydrogen-bond acceptors (Lipinski definition) is 11. The molecule has 0 aromatic rings. The number of piperidine rings is 1. The number of halogens is 1. The van der Waals surface area contributed by atoms with Crippen LogP contribution >= 0.6 is 11.6 Å². The van der Waals surface area contributed by atoms with Crippen molar-refractivity contribution in [2.75, 3.05) is 27.9 Å². The Bertz CT molecular complexity index is 1440. The summed E-state index contributed by atoms with van der Waals surface area (Å²) in [6.45, 7) is 11.3. The molecule has 13 heteroatoms. The van der Waals surface area contributed by atoms with Crippen molar-refractivity contribution in [2.45, 2.75) is 166 Å². The minimum absolute atomic E-state index is 0.0425. The van der Waals surface area contributed by atoms with E-state index in [1.54, 1.807) is 21.0 Å². The van der Waals surface area contributed by atoms with Gasteiger partial charge < -0.3 is 38.8 Å². The van der Waals surface area contributed by atoms with E-state index < -0.39 is 77.8 Å². The van der Waals surface area contributed by atoms with E-state index in [2.05, 4.69) is 6.92 Å². The molecule has 1 unspecified atom stereocenters. The van der Waals surface area contributed by atoms with E-state index in [1.165, 1.54) is 19.1 Å². The van der Waals surface area contributed by atoms with Crippen LogP contribution in [0.5, 0.6) is 0 Å². The average molecular weight is 810 g/mol. The number of rotatable bonds is 6. The van der Waals surface area contributed by atoms with Crippen LogP contribution in [0.3, 0.4) is 0 Å². The average Bonchev–Trinajstić information content (AvgIpc) is 3.18. The van der Waals surface area contributed by atoms with Crippen LogP contribution in [-0.4, -0.2) is 120 Å². The number of nitrogens with zero attached hydrogens (tertiary/aromatic N) is 1. The van der Waals surface area contributed by atoms with E-state index in [1.807, 2.05) is 32.9 Å². The fourth-order valence-corrected chi connectivity index (χ4v) is 9.69. The van der Waals surface area contributed by atoms with Crippen molar-refractivity contribution >= 4 is 35.0 Å². The molecule has 3 fully saturated rings. The van der Waals surface area contributed by atoms with Gasteiger partial charge in [-0.25, -0.2) is 4.79 Å². The summed E-state index contributed by atoms with van der Waals surface area (Å²) in [7, 11) is 4.71. The van der Waals surface area contributed by atoms with Gasteiger partial charge in [0.15, 0.2) is 0 Å². The van der Waals surface area contributed by atoms with Gasteiger partial charge in [-0.15, -0.1) is 11.6 Å². The fraction of sp³-hybridized carbons (Fsp3) is 0.814. The van der Waals surface area contributed by atoms with Crippen molar-refractivity contribution in [2.24, 2.45) is 29.6 Å². The molecule has 3 heterocycles. The van der Waals surface area contributed by atoms with E-state index in [-0.39, 0.29) is 54.9 Å². The fourth-order valence-electron chi connectivity index (χ4n) is 9.36. The number of cyclic esters (lactones) is 1. The first-order valence-electron chi connectivity index (χ1n) is 20.7. The van der Waals surface area contributed by atoms with E-state index in [0.29, 0.717) is 44.1 Å². The molecule has 318 valence electrons. The summed E-state index contributed by atoms with van der Waals surface area (Å²) >= 11 is 6.52. The lowest BCUT2D eigenvalue weighted by Gasteiger charge is -2.47. The molecule has 0 aromatic heterocycles. The Kier molecular flexibility index (Phi) is 17.2. The Morgan fingerprint density at radius 2 is 1.62 bits per heavy atom. The first-order valence-corrected chi connectivity index (χ1v) is 21.2. The molecule has 4 rings (SSSR count). The Hall–Kier alpha value is -2.19. The third-order valence-electron chi connectivity index (χ3n) is 12.8. The zero-order valence-corrected chi connectivity index (χ0v) is 35.8. The summed E-state index contributed by atoms with van der Waals surface area (Å²) in [5.74, 6) is -7.31.